The maximum atomic E-state index is 12.4. The van der Waals surface area contributed by atoms with Gasteiger partial charge in [0.2, 0.25) is 0 Å². The van der Waals surface area contributed by atoms with E-state index in [-0.39, 0.29) is 11.8 Å². The molecule has 27 heavy (non-hydrogen) atoms. The van der Waals surface area contributed by atoms with Crippen molar-refractivity contribution in [3.8, 4) is 0 Å². The predicted octanol–water partition coefficient (Wildman–Crippen LogP) is 2.35. The molecule has 0 spiro atoms. The van der Waals surface area contributed by atoms with Crippen LogP contribution in [0.2, 0.25) is 0 Å². The number of benzene rings is 1. The highest BCUT2D eigenvalue weighted by molar-refractivity contribution is 7.79. The fraction of sp³-hybridized carbons (Fsp3) is 0.263. The number of ether oxygens (including phenoxy) is 1. The molecule has 2 N–H and O–H groups in total. The molecule has 140 valence electrons. The molecule has 3 heterocycles. The summed E-state index contributed by atoms with van der Waals surface area (Å²) < 4.78 is 28.4. The number of imidazole rings is 1. The molecule has 2 aromatic heterocycles. The van der Waals surface area contributed by atoms with Crippen LogP contribution in [0.3, 0.4) is 0 Å². The average Bonchev–Trinajstić information content (AvgIpc) is 3.36. The third kappa shape index (κ3) is 3.78. The van der Waals surface area contributed by atoms with Crippen LogP contribution in [0.25, 0.3) is 5.65 Å². The molecule has 2 unspecified atom stereocenters. The predicted molar refractivity (Wildman–Crippen MR) is 100 cm³/mol. The lowest BCUT2D eigenvalue weighted by Crippen LogP contribution is -2.23. The van der Waals surface area contributed by atoms with E-state index in [1.165, 1.54) is 0 Å². The first-order chi connectivity index (χ1) is 13.1. The first kappa shape index (κ1) is 17.8. The van der Waals surface area contributed by atoms with Gasteiger partial charge in [-0.1, -0.05) is 12.1 Å². The Hall–Kier alpha value is -2.55. The zero-order valence-corrected chi connectivity index (χ0v) is 15.3. The number of rotatable bonds is 5. The molecule has 1 amide bonds. The van der Waals surface area contributed by atoms with E-state index in [0.29, 0.717) is 30.2 Å². The number of pyridine rings is 1. The second-order valence-electron chi connectivity index (χ2n) is 6.48. The van der Waals surface area contributed by atoms with Crippen molar-refractivity contribution in [3.63, 3.8) is 0 Å². The summed E-state index contributed by atoms with van der Waals surface area (Å²) in [4.78, 5) is 17.0. The van der Waals surface area contributed by atoms with E-state index >= 15 is 0 Å². The molecule has 1 aliphatic heterocycles. The first-order valence-electron chi connectivity index (χ1n) is 8.64. The van der Waals surface area contributed by atoms with Gasteiger partial charge in [-0.15, -0.1) is 0 Å². The van der Waals surface area contributed by atoms with Gasteiger partial charge >= 0.3 is 0 Å². The average molecular weight is 385 g/mol. The summed E-state index contributed by atoms with van der Waals surface area (Å²) in [6.45, 7) is 1.53. The van der Waals surface area contributed by atoms with Gasteiger partial charge in [-0.2, -0.15) is 0 Å². The molecular weight excluding hydrogens is 366 g/mol. The Morgan fingerprint density at radius 2 is 2.26 bits per heavy atom. The number of aromatic nitrogens is 2. The molecule has 1 aliphatic rings. The van der Waals surface area contributed by atoms with E-state index in [4.69, 9.17) is 4.74 Å². The molecule has 7 nitrogen and oxygen atoms in total. The summed E-state index contributed by atoms with van der Waals surface area (Å²) >= 11 is -2.05. The monoisotopic (exact) mass is 385 g/mol. The van der Waals surface area contributed by atoms with Crippen LogP contribution in [0, 0.1) is 0 Å². The van der Waals surface area contributed by atoms with E-state index in [1.54, 1.807) is 47.3 Å². The second-order valence-corrected chi connectivity index (χ2v) is 7.41. The smallest absolute Gasteiger partial charge is 0.253 e. The molecule has 1 fully saturated rings. The highest BCUT2D eigenvalue weighted by Crippen LogP contribution is 2.30. The fourth-order valence-electron chi connectivity index (χ4n) is 3.30. The maximum Gasteiger partial charge on any atom is 0.253 e. The second kappa shape index (κ2) is 7.59. The van der Waals surface area contributed by atoms with Crippen LogP contribution in [0.1, 0.15) is 33.8 Å². The van der Waals surface area contributed by atoms with Crippen molar-refractivity contribution in [2.45, 2.75) is 23.8 Å². The molecule has 0 saturated carbocycles. The highest BCUT2D eigenvalue weighted by atomic mass is 32.2. The normalized spacial score (nSPS) is 17.9. The Balaban J connectivity index is 1.50. The van der Waals surface area contributed by atoms with E-state index in [2.05, 4.69) is 10.3 Å². The van der Waals surface area contributed by atoms with Gasteiger partial charge in [-0.3, -0.25) is 4.79 Å². The number of hydrogen-bond donors (Lipinski definition) is 2. The van der Waals surface area contributed by atoms with Crippen LogP contribution in [0.5, 0.6) is 0 Å². The van der Waals surface area contributed by atoms with E-state index in [9.17, 15) is 13.6 Å². The summed E-state index contributed by atoms with van der Waals surface area (Å²) in [5.41, 5.74) is 3.02. The van der Waals surface area contributed by atoms with E-state index < -0.39 is 11.1 Å². The van der Waals surface area contributed by atoms with Gasteiger partial charge in [0.15, 0.2) is 11.1 Å². The van der Waals surface area contributed by atoms with Gasteiger partial charge < -0.3 is 19.0 Å². The topological polar surface area (TPSA) is 92.9 Å². The zero-order valence-electron chi connectivity index (χ0n) is 14.5. The Kier molecular flexibility index (Phi) is 5.02. The van der Waals surface area contributed by atoms with Crippen molar-refractivity contribution < 1.29 is 18.3 Å². The van der Waals surface area contributed by atoms with Gasteiger partial charge in [0.05, 0.1) is 17.1 Å². The van der Waals surface area contributed by atoms with Crippen molar-refractivity contribution in [3.05, 3.63) is 65.6 Å². The van der Waals surface area contributed by atoms with Crippen molar-refractivity contribution in [1.29, 1.82) is 0 Å². The van der Waals surface area contributed by atoms with Gasteiger partial charge in [0, 0.05) is 37.7 Å². The summed E-state index contributed by atoms with van der Waals surface area (Å²) in [5.74, 6) is -0.0819. The summed E-state index contributed by atoms with van der Waals surface area (Å²) in [6.07, 6.45) is 6.02. The van der Waals surface area contributed by atoms with Crippen LogP contribution < -0.4 is 5.32 Å². The molecule has 3 aromatic rings. The summed E-state index contributed by atoms with van der Waals surface area (Å²) in [6, 6.07) is 8.84. The zero-order chi connectivity index (χ0) is 18.8. The lowest BCUT2D eigenvalue weighted by Gasteiger charge is -2.14. The van der Waals surface area contributed by atoms with Gasteiger partial charge in [-0.05, 0) is 35.7 Å². The van der Waals surface area contributed by atoms with E-state index in [0.717, 1.165) is 23.2 Å². The summed E-state index contributed by atoms with van der Waals surface area (Å²) in [7, 11) is 0. The first-order valence-corrected chi connectivity index (χ1v) is 9.75. The molecule has 1 saturated heterocycles. The SMILES string of the molecule is O=C(NCc1ccc(S(=O)O)c(C2CCOC2)c1)c1ccc2nccn2c1. The number of carbonyl (C=O) groups is 1. The van der Waals surface area contributed by atoms with Crippen LogP contribution in [0.15, 0.2) is 53.8 Å². The minimum absolute atomic E-state index is 0.107. The van der Waals surface area contributed by atoms with Crippen molar-refractivity contribution >= 4 is 22.6 Å². The molecule has 0 aliphatic carbocycles. The standard InChI is InChI=1S/C19H19N3O4S/c23-19(14-2-4-18-20-6-7-22(18)11-14)21-10-13-1-3-17(27(24)25)16(9-13)15-5-8-26-12-15/h1-4,6-7,9,11,15H,5,8,10,12H2,(H,21,23)(H,24,25). The van der Waals surface area contributed by atoms with Crippen LogP contribution >= 0.6 is 0 Å². The van der Waals surface area contributed by atoms with Crippen molar-refractivity contribution in [2.75, 3.05) is 13.2 Å². The molecule has 2 atom stereocenters. The Bertz CT molecular complexity index is 1010. The molecule has 0 radical (unpaired) electrons. The van der Waals surface area contributed by atoms with Gasteiger partial charge in [0.25, 0.3) is 5.91 Å². The molecular formula is C19H19N3O4S. The van der Waals surface area contributed by atoms with Gasteiger partial charge in [-0.25, -0.2) is 9.19 Å². The lowest BCUT2D eigenvalue weighted by atomic mass is 9.96. The van der Waals surface area contributed by atoms with Gasteiger partial charge in [0.1, 0.15) is 5.65 Å². The van der Waals surface area contributed by atoms with Crippen LogP contribution in [0.4, 0.5) is 0 Å². The molecule has 0 bridgehead atoms. The third-order valence-electron chi connectivity index (χ3n) is 4.74. The van der Waals surface area contributed by atoms with Crippen LogP contribution in [-0.2, 0) is 22.4 Å². The minimum atomic E-state index is -2.05. The van der Waals surface area contributed by atoms with E-state index in [1.807, 2.05) is 6.07 Å². The van der Waals surface area contributed by atoms with Crippen molar-refractivity contribution in [1.82, 2.24) is 14.7 Å². The molecule has 4 rings (SSSR count). The number of hydrogen-bond acceptors (Lipinski definition) is 4. The third-order valence-corrected chi connectivity index (χ3v) is 5.48. The lowest BCUT2D eigenvalue weighted by molar-refractivity contribution is 0.0950. The molecule has 1 aromatic carbocycles. The highest BCUT2D eigenvalue weighted by Gasteiger charge is 2.23. The minimum Gasteiger partial charge on any atom is -0.381 e. The number of carbonyl (C=O) groups excluding carboxylic acids is 1. The number of amides is 1. The number of nitrogens with zero attached hydrogens (tertiary/aromatic N) is 2. The Morgan fingerprint density at radius 1 is 1.37 bits per heavy atom. The fourth-order valence-corrected chi connectivity index (χ4v) is 3.92. The quantitative estimate of drug-likeness (QED) is 0.658. The van der Waals surface area contributed by atoms with Crippen LogP contribution in [-0.4, -0.2) is 37.3 Å². The Labute approximate surface area is 158 Å². The summed E-state index contributed by atoms with van der Waals surface area (Å²) in [5, 5.41) is 2.90. The largest absolute Gasteiger partial charge is 0.381 e. The molecule has 8 heteroatoms. The number of nitrogens with one attached hydrogen (secondary N) is 1. The maximum absolute atomic E-state index is 12.4. The van der Waals surface area contributed by atoms with Crippen molar-refractivity contribution in [2.24, 2.45) is 0 Å². The number of fused-ring (bicyclic) bond motifs is 1. The Morgan fingerprint density at radius 3 is 3.04 bits per heavy atom.